The molecule has 2 nitrogen and oxygen atoms in total. The monoisotopic (exact) mass is 266 g/mol. The number of hydrogen-bond donors (Lipinski definition) is 0. The summed E-state index contributed by atoms with van der Waals surface area (Å²) in [5.74, 6) is 0.892. The highest BCUT2D eigenvalue weighted by molar-refractivity contribution is 9.09. The van der Waals surface area contributed by atoms with Crippen LogP contribution in [0, 0.1) is 23.7 Å². The van der Waals surface area contributed by atoms with E-state index in [1.807, 2.05) is 0 Å². The second-order valence-corrected chi connectivity index (χ2v) is 5.13. The van der Waals surface area contributed by atoms with E-state index in [2.05, 4.69) is 28.1 Å². The topological polar surface area (TPSA) is 34.1 Å². The van der Waals surface area contributed by atoms with Gasteiger partial charge in [-0.05, 0) is 24.3 Å². The molecule has 1 fully saturated rings. The van der Waals surface area contributed by atoms with Gasteiger partial charge in [0.1, 0.15) is 0 Å². The predicted octanol–water partition coefficient (Wildman–Crippen LogP) is 1.90. The highest BCUT2D eigenvalue weighted by atomic mass is 79.9. The first kappa shape index (κ1) is 9.52. The van der Waals surface area contributed by atoms with E-state index in [4.69, 9.17) is 0 Å². The van der Waals surface area contributed by atoms with Gasteiger partial charge in [0.15, 0.2) is 11.6 Å². The van der Waals surface area contributed by atoms with Crippen molar-refractivity contribution in [1.82, 2.24) is 0 Å². The van der Waals surface area contributed by atoms with Crippen LogP contribution in [0.25, 0.3) is 0 Å². The molecular weight excluding hydrogens is 256 g/mol. The second kappa shape index (κ2) is 3.14. The Balaban J connectivity index is 2.05. The molecule has 0 spiro atoms. The van der Waals surface area contributed by atoms with Crippen molar-refractivity contribution < 1.29 is 9.59 Å². The average Bonchev–Trinajstić information content (AvgIpc) is 2.83. The van der Waals surface area contributed by atoms with Crippen LogP contribution in [-0.4, -0.2) is 16.9 Å². The molecule has 78 valence electrons. The molecule has 3 aliphatic carbocycles. The van der Waals surface area contributed by atoms with Gasteiger partial charge in [-0.15, -0.1) is 0 Å². The summed E-state index contributed by atoms with van der Waals surface area (Å²) in [6.07, 6.45) is 6.78. The minimum Gasteiger partial charge on any atom is -0.294 e. The molecule has 3 heteroatoms. The van der Waals surface area contributed by atoms with Gasteiger partial charge in [-0.25, -0.2) is 0 Å². The number of alkyl halides is 1. The number of carbonyl (C=O) groups excluding carboxylic acids is 2. The van der Waals surface area contributed by atoms with Crippen LogP contribution in [0.5, 0.6) is 0 Å². The van der Waals surface area contributed by atoms with Crippen molar-refractivity contribution in [3.05, 3.63) is 23.8 Å². The van der Waals surface area contributed by atoms with Crippen molar-refractivity contribution in [2.75, 3.05) is 5.33 Å². The summed E-state index contributed by atoms with van der Waals surface area (Å²) in [6, 6.07) is 0. The van der Waals surface area contributed by atoms with Gasteiger partial charge in [-0.1, -0.05) is 28.1 Å². The van der Waals surface area contributed by atoms with Crippen molar-refractivity contribution in [2.45, 2.75) is 6.42 Å². The van der Waals surface area contributed by atoms with E-state index in [-0.39, 0.29) is 23.4 Å². The number of Topliss-reactive ketones (excluding diaryl/α,β-unsaturated/α-hetero) is 1. The zero-order valence-corrected chi connectivity index (χ0v) is 9.74. The normalized spacial score (nSPS) is 42.1. The standard InChI is InChI=1S/C12H11BrO2/c13-5-8-4-9(14)10-6-1-2-7(3-6)11(10)12(8)15/h1-2,4,6-7,10-11H,3,5H2. The molecule has 4 unspecified atom stereocenters. The molecule has 1 saturated carbocycles. The number of allylic oxidation sites excluding steroid dienone is 4. The van der Waals surface area contributed by atoms with Gasteiger partial charge in [0.25, 0.3) is 0 Å². The molecule has 0 heterocycles. The SMILES string of the molecule is O=C1C=C(CBr)C(=O)C2C3C=CC(C3)C12. The third-order valence-electron chi connectivity index (χ3n) is 3.87. The maximum Gasteiger partial charge on any atom is 0.164 e. The van der Waals surface area contributed by atoms with Crippen LogP contribution in [0.15, 0.2) is 23.8 Å². The lowest BCUT2D eigenvalue weighted by atomic mass is 9.72. The molecule has 0 aromatic rings. The van der Waals surface area contributed by atoms with Crippen LogP contribution in [0.3, 0.4) is 0 Å². The predicted molar refractivity (Wildman–Crippen MR) is 59.6 cm³/mol. The van der Waals surface area contributed by atoms with E-state index in [9.17, 15) is 9.59 Å². The van der Waals surface area contributed by atoms with Crippen molar-refractivity contribution >= 4 is 27.5 Å². The number of carbonyl (C=O) groups is 2. The summed E-state index contributed by atoms with van der Waals surface area (Å²) in [6.45, 7) is 0. The van der Waals surface area contributed by atoms with Crippen LogP contribution in [-0.2, 0) is 9.59 Å². The van der Waals surface area contributed by atoms with Crippen LogP contribution in [0.4, 0.5) is 0 Å². The number of ketones is 2. The van der Waals surface area contributed by atoms with Crippen molar-refractivity contribution in [2.24, 2.45) is 23.7 Å². The maximum atomic E-state index is 12.1. The fraction of sp³-hybridized carbons (Fsp3) is 0.500. The van der Waals surface area contributed by atoms with E-state index in [0.717, 1.165) is 6.42 Å². The van der Waals surface area contributed by atoms with Crippen LogP contribution >= 0.6 is 15.9 Å². The Morgan fingerprint density at radius 3 is 2.53 bits per heavy atom. The van der Waals surface area contributed by atoms with Crippen molar-refractivity contribution in [3.63, 3.8) is 0 Å². The van der Waals surface area contributed by atoms with E-state index in [1.54, 1.807) is 6.08 Å². The number of hydrogen-bond acceptors (Lipinski definition) is 2. The van der Waals surface area contributed by atoms with Crippen molar-refractivity contribution in [1.29, 1.82) is 0 Å². The van der Waals surface area contributed by atoms with Crippen LogP contribution in [0.1, 0.15) is 6.42 Å². The third-order valence-corrected chi connectivity index (χ3v) is 4.47. The Hall–Kier alpha value is -0.700. The first-order chi connectivity index (χ1) is 7.22. The molecule has 0 aromatic carbocycles. The molecule has 15 heavy (non-hydrogen) atoms. The van der Waals surface area contributed by atoms with Crippen LogP contribution in [0.2, 0.25) is 0 Å². The zero-order chi connectivity index (χ0) is 10.6. The molecule has 0 N–H and O–H groups in total. The summed E-state index contributed by atoms with van der Waals surface area (Å²) < 4.78 is 0. The maximum absolute atomic E-state index is 12.1. The summed E-state index contributed by atoms with van der Waals surface area (Å²) >= 11 is 3.27. The number of rotatable bonds is 1. The Morgan fingerprint density at radius 1 is 1.20 bits per heavy atom. The molecule has 4 atom stereocenters. The fourth-order valence-electron chi connectivity index (χ4n) is 3.23. The van der Waals surface area contributed by atoms with Gasteiger partial charge in [-0.3, -0.25) is 9.59 Å². The van der Waals surface area contributed by atoms with Gasteiger partial charge < -0.3 is 0 Å². The Morgan fingerprint density at radius 2 is 1.87 bits per heavy atom. The molecule has 3 rings (SSSR count). The van der Waals surface area contributed by atoms with Gasteiger partial charge >= 0.3 is 0 Å². The molecule has 2 bridgehead atoms. The van der Waals surface area contributed by atoms with E-state index < -0.39 is 0 Å². The van der Waals surface area contributed by atoms with Gasteiger partial charge in [0.05, 0.1) is 0 Å². The molecule has 0 saturated heterocycles. The summed E-state index contributed by atoms with van der Waals surface area (Å²) in [7, 11) is 0. The molecular formula is C12H11BrO2. The second-order valence-electron chi connectivity index (χ2n) is 4.57. The third kappa shape index (κ3) is 1.16. The lowest BCUT2D eigenvalue weighted by Gasteiger charge is -2.29. The molecule has 0 aromatic heterocycles. The van der Waals surface area contributed by atoms with Crippen molar-refractivity contribution in [3.8, 4) is 0 Å². The van der Waals surface area contributed by atoms with E-state index in [0.29, 0.717) is 22.7 Å². The Bertz CT molecular complexity index is 408. The average molecular weight is 267 g/mol. The summed E-state index contributed by atoms with van der Waals surface area (Å²) in [5.41, 5.74) is 0.655. The minimum absolute atomic E-state index is 0.0460. The van der Waals surface area contributed by atoms with Gasteiger partial charge in [-0.2, -0.15) is 0 Å². The Labute approximate surface area is 96.5 Å². The first-order valence-electron chi connectivity index (χ1n) is 5.25. The Kier molecular flexibility index (Phi) is 2.00. The largest absolute Gasteiger partial charge is 0.294 e. The minimum atomic E-state index is -0.0509. The summed E-state index contributed by atoms with van der Waals surface area (Å²) in [5, 5.41) is 0.502. The zero-order valence-electron chi connectivity index (χ0n) is 8.15. The fourth-order valence-corrected chi connectivity index (χ4v) is 3.66. The lowest BCUT2D eigenvalue weighted by molar-refractivity contribution is -0.130. The molecule has 0 radical (unpaired) electrons. The number of halogens is 1. The first-order valence-corrected chi connectivity index (χ1v) is 6.37. The van der Waals surface area contributed by atoms with Gasteiger partial charge in [0, 0.05) is 22.7 Å². The van der Waals surface area contributed by atoms with Crippen LogP contribution < -0.4 is 0 Å². The quantitative estimate of drug-likeness (QED) is 0.537. The highest BCUT2D eigenvalue weighted by Crippen LogP contribution is 2.51. The smallest absolute Gasteiger partial charge is 0.164 e. The molecule has 0 aliphatic heterocycles. The molecule has 3 aliphatic rings. The molecule has 0 amide bonds. The van der Waals surface area contributed by atoms with E-state index in [1.165, 1.54) is 0 Å². The number of fused-ring (bicyclic) bond motifs is 5. The highest BCUT2D eigenvalue weighted by Gasteiger charge is 2.52. The van der Waals surface area contributed by atoms with Gasteiger partial charge in [0.2, 0.25) is 0 Å². The summed E-state index contributed by atoms with van der Waals surface area (Å²) in [4.78, 5) is 24.0. The lowest BCUT2D eigenvalue weighted by Crippen LogP contribution is -2.37. The van der Waals surface area contributed by atoms with E-state index >= 15 is 0 Å².